The molecule has 0 saturated carbocycles. The molecule has 0 radical (unpaired) electrons. The molecule has 0 fully saturated rings. The van der Waals surface area contributed by atoms with Gasteiger partial charge in [-0.2, -0.15) is 5.10 Å². The number of hydrazone groups is 1. The number of benzene rings is 1. The van der Waals surface area contributed by atoms with Gasteiger partial charge >= 0.3 is 11.8 Å². The van der Waals surface area contributed by atoms with Gasteiger partial charge in [0.05, 0.1) is 25.9 Å². The van der Waals surface area contributed by atoms with Crippen molar-refractivity contribution in [2.24, 2.45) is 5.10 Å². The quantitative estimate of drug-likeness (QED) is 0.228. The summed E-state index contributed by atoms with van der Waals surface area (Å²) in [5, 5.41) is 16.4. The third-order valence-electron chi connectivity index (χ3n) is 2.71. The maximum Gasteiger partial charge on any atom is 0.329 e. The summed E-state index contributed by atoms with van der Waals surface area (Å²) in [4.78, 5) is 33.3. The molecule has 2 amide bonds. The van der Waals surface area contributed by atoms with Crippen LogP contribution in [0.25, 0.3) is 0 Å². The van der Waals surface area contributed by atoms with Gasteiger partial charge in [-0.3, -0.25) is 9.59 Å². The summed E-state index contributed by atoms with van der Waals surface area (Å²) < 4.78 is 14.8. The number of methoxy groups -OCH3 is 2. The highest BCUT2D eigenvalue weighted by Gasteiger charge is 2.11. The van der Waals surface area contributed by atoms with Crippen LogP contribution in [0, 0.1) is 0 Å². The number of amides is 2. The molecule has 0 bridgehead atoms. The van der Waals surface area contributed by atoms with E-state index in [-0.39, 0.29) is 24.7 Å². The molecule has 0 aliphatic carbocycles. The van der Waals surface area contributed by atoms with Gasteiger partial charge in [0, 0.05) is 13.7 Å². The van der Waals surface area contributed by atoms with E-state index in [1.807, 2.05) is 0 Å². The van der Waals surface area contributed by atoms with Crippen molar-refractivity contribution in [3.8, 4) is 11.5 Å². The first-order chi connectivity index (χ1) is 12.0. The predicted molar refractivity (Wildman–Crippen MR) is 84.1 cm³/mol. The lowest BCUT2D eigenvalue weighted by molar-refractivity contribution is -0.307. The second-order valence-corrected chi connectivity index (χ2v) is 4.52. The van der Waals surface area contributed by atoms with Crippen molar-refractivity contribution >= 4 is 24.0 Å². The average molecular weight is 352 g/mol. The number of nitrogens with one attached hydrogen (secondary N) is 2. The van der Waals surface area contributed by atoms with Crippen molar-refractivity contribution < 1.29 is 33.7 Å². The lowest BCUT2D eigenvalue weighted by atomic mass is 10.2. The predicted octanol–water partition coefficient (Wildman–Crippen LogP) is -1.96. The first-order valence-electron chi connectivity index (χ1n) is 7.08. The molecule has 10 nitrogen and oxygen atoms in total. The fourth-order valence-corrected chi connectivity index (χ4v) is 1.58. The van der Waals surface area contributed by atoms with Crippen LogP contribution in [0.1, 0.15) is 5.56 Å². The average Bonchev–Trinajstić information content (AvgIpc) is 2.60. The monoisotopic (exact) mass is 352 g/mol. The van der Waals surface area contributed by atoms with E-state index in [1.54, 1.807) is 6.07 Å². The van der Waals surface area contributed by atoms with Gasteiger partial charge in [0.15, 0.2) is 11.5 Å². The summed E-state index contributed by atoms with van der Waals surface area (Å²) in [6.07, 6.45) is 1.28. The Bertz CT molecular complexity index is 646. The highest BCUT2D eigenvalue weighted by atomic mass is 16.5. The van der Waals surface area contributed by atoms with Gasteiger partial charge in [0.1, 0.15) is 6.61 Å². The minimum absolute atomic E-state index is 0.205. The maximum absolute atomic E-state index is 11.5. The van der Waals surface area contributed by atoms with Crippen LogP contribution in [0.3, 0.4) is 0 Å². The van der Waals surface area contributed by atoms with Gasteiger partial charge in [0.25, 0.3) is 0 Å². The van der Waals surface area contributed by atoms with E-state index < -0.39 is 24.4 Å². The molecule has 0 saturated heterocycles. The third kappa shape index (κ3) is 7.31. The molecule has 1 rings (SSSR count). The Morgan fingerprint density at radius 1 is 1.20 bits per heavy atom. The topological polar surface area (TPSA) is 138 Å². The Kier molecular flexibility index (Phi) is 8.44. The molecule has 1 aromatic carbocycles. The molecule has 10 heteroatoms. The molecule has 136 valence electrons. The van der Waals surface area contributed by atoms with E-state index in [2.05, 4.69) is 15.8 Å². The van der Waals surface area contributed by atoms with Crippen LogP contribution in [-0.4, -0.2) is 58.0 Å². The van der Waals surface area contributed by atoms with E-state index in [1.165, 1.54) is 32.6 Å². The smallest absolute Gasteiger partial charge is 0.329 e. The first kappa shape index (κ1) is 19.9. The fraction of sp³-hybridized carbons (Fsp3) is 0.333. The molecule has 1 aromatic rings. The van der Waals surface area contributed by atoms with Crippen LogP contribution in [0.5, 0.6) is 11.5 Å². The number of hydrogen-bond acceptors (Lipinski definition) is 8. The second-order valence-electron chi connectivity index (χ2n) is 4.52. The van der Waals surface area contributed by atoms with Crippen molar-refractivity contribution in [1.82, 2.24) is 10.7 Å². The highest BCUT2D eigenvalue weighted by Crippen LogP contribution is 2.27. The number of aliphatic carboxylic acids is 1. The van der Waals surface area contributed by atoms with Crippen LogP contribution in [0.15, 0.2) is 23.3 Å². The lowest BCUT2D eigenvalue weighted by Crippen LogP contribution is -2.39. The molecule has 0 atom stereocenters. The van der Waals surface area contributed by atoms with Crippen molar-refractivity contribution in [1.29, 1.82) is 0 Å². The minimum Gasteiger partial charge on any atom is -0.546 e. The van der Waals surface area contributed by atoms with E-state index >= 15 is 0 Å². The summed E-state index contributed by atoms with van der Waals surface area (Å²) in [7, 11) is 2.86. The SMILES string of the molecule is COCCNC(=O)C(=O)N/N=C\c1ccc(OCC(=O)[O-])c(OC)c1. The van der Waals surface area contributed by atoms with Gasteiger partial charge < -0.3 is 29.4 Å². The van der Waals surface area contributed by atoms with Crippen molar-refractivity contribution in [2.45, 2.75) is 0 Å². The van der Waals surface area contributed by atoms with E-state index in [0.717, 1.165) is 0 Å². The number of carboxylic acids is 1. The molecule has 25 heavy (non-hydrogen) atoms. The molecule has 0 spiro atoms. The fourth-order valence-electron chi connectivity index (χ4n) is 1.58. The number of carbonyl (C=O) groups excluding carboxylic acids is 3. The molecule has 0 aliphatic rings. The Morgan fingerprint density at radius 3 is 2.60 bits per heavy atom. The van der Waals surface area contributed by atoms with Gasteiger partial charge in [-0.15, -0.1) is 0 Å². The van der Waals surface area contributed by atoms with Crippen molar-refractivity contribution in [2.75, 3.05) is 34.0 Å². The zero-order valence-corrected chi connectivity index (χ0v) is 13.7. The number of carboxylic acid groups (broad SMARTS) is 1. The maximum atomic E-state index is 11.5. The number of nitrogens with zero attached hydrogens (tertiary/aromatic N) is 1. The number of rotatable bonds is 9. The number of hydrogen-bond donors (Lipinski definition) is 2. The molecule has 0 aromatic heterocycles. The van der Waals surface area contributed by atoms with Crippen LogP contribution < -0.4 is 25.3 Å². The summed E-state index contributed by atoms with van der Waals surface area (Å²) in [6.45, 7) is -0.122. The van der Waals surface area contributed by atoms with Gasteiger partial charge in [-0.1, -0.05) is 0 Å². The summed E-state index contributed by atoms with van der Waals surface area (Å²) in [5.41, 5.74) is 2.60. The molecular formula is C15H18N3O7-. The summed E-state index contributed by atoms with van der Waals surface area (Å²) in [6, 6.07) is 4.54. The zero-order valence-electron chi connectivity index (χ0n) is 13.7. The molecule has 2 N–H and O–H groups in total. The van der Waals surface area contributed by atoms with E-state index in [4.69, 9.17) is 14.2 Å². The summed E-state index contributed by atoms with van der Waals surface area (Å²) >= 11 is 0. The van der Waals surface area contributed by atoms with Crippen molar-refractivity contribution in [3.05, 3.63) is 23.8 Å². The second kappa shape index (κ2) is 10.6. The lowest BCUT2D eigenvalue weighted by Gasteiger charge is -2.11. The largest absolute Gasteiger partial charge is 0.546 e. The third-order valence-corrected chi connectivity index (χ3v) is 2.71. The van der Waals surface area contributed by atoms with Crippen LogP contribution in [-0.2, 0) is 19.1 Å². The normalized spacial score (nSPS) is 10.3. The van der Waals surface area contributed by atoms with Crippen LogP contribution in [0.2, 0.25) is 0 Å². The summed E-state index contributed by atoms with van der Waals surface area (Å²) in [5.74, 6) is -2.63. The van der Waals surface area contributed by atoms with Crippen LogP contribution in [0.4, 0.5) is 0 Å². The first-order valence-corrected chi connectivity index (χ1v) is 7.08. The Labute approximate surface area is 143 Å². The molecular weight excluding hydrogens is 334 g/mol. The molecule has 0 heterocycles. The van der Waals surface area contributed by atoms with Gasteiger partial charge in [-0.05, 0) is 23.8 Å². The molecule has 0 unspecified atom stereocenters. The van der Waals surface area contributed by atoms with E-state index in [0.29, 0.717) is 5.56 Å². The molecule has 0 aliphatic heterocycles. The number of ether oxygens (including phenoxy) is 3. The minimum atomic E-state index is -1.36. The number of carbonyl (C=O) groups is 3. The zero-order chi connectivity index (χ0) is 18.7. The standard InChI is InChI=1S/C15H19N3O7/c1-23-6-5-16-14(21)15(22)18-17-8-10-3-4-11(12(7-10)24-2)25-9-13(19)20/h3-4,7-8H,5-6,9H2,1-2H3,(H,16,21)(H,18,22)(H,19,20)/p-1/b17-8-. The Balaban J connectivity index is 2.60. The van der Waals surface area contributed by atoms with Crippen LogP contribution >= 0.6 is 0 Å². The van der Waals surface area contributed by atoms with Crippen molar-refractivity contribution in [3.63, 3.8) is 0 Å². The van der Waals surface area contributed by atoms with E-state index in [9.17, 15) is 19.5 Å². The highest BCUT2D eigenvalue weighted by molar-refractivity contribution is 6.35. The Morgan fingerprint density at radius 2 is 1.96 bits per heavy atom. The van der Waals surface area contributed by atoms with Gasteiger partial charge in [-0.25, -0.2) is 5.43 Å². The Hall–Kier alpha value is -3.14. The van der Waals surface area contributed by atoms with Gasteiger partial charge in [0.2, 0.25) is 0 Å².